The summed E-state index contributed by atoms with van der Waals surface area (Å²) in [5, 5.41) is 0. The zero-order valence-corrected chi connectivity index (χ0v) is 32.4. The average Bonchev–Trinajstić information content (AvgIpc) is 3.09. The lowest BCUT2D eigenvalue weighted by Gasteiger charge is -2.16. The number of carbonyl (C=O) groups excluding carboxylic acids is 2. The second-order valence-corrected chi connectivity index (χ2v) is 13.7. The van der Waals surface area contributed by atoms with E-state index in [1.54, 1.807) is 0 Å². The van der Waals surface area contributed by atoms with Crippen molar-refractivity contribution in [1.82, 2.24) is 0 Å². The first-order chi connectivity index (χ1) is 24.4. The number of guanidine groups is 2. The van der Waals surface area contributed by atoms with Crippen molar-refractivity contribution in [3.05, 3.63) is 24.3 Å². The molecular weight excluding hydrogens is 626 g/mol. The Kier molecular flexibility index (Phi) is 35.3. The Hall–Kier alpha value is -2.84. The highest BCUT2D eigenvalue weighted by atomic mass is 16.6. The number of hydrogen-bond donors (Lipinski definition) is 3. The third-order valence-corrected chi connectivity index (χ3v) is 8.71. The Morgan fingerprint density at radius 1 is 0.540 bits per heavy atom. The Bertz CT molecular complexity index is 915. The van der Waals surface area contributed by atoms with E-state index in [9.17, 15) is 9.59 Å². The molecule has 0 aromatic rings. The van der Waals surface area contributed by atoms with Crippen LogP contribution in [0.3, 0.4) is 0 Å². The average molecular weight is 704 g/mol. The van der Waals surface area contributed by atoms with E-state index in [0.29, 0.717) is 12.8 Å². The zero-order chi connectivity index (χ0) is 36.8. The maximum absolute atomic E-state index is 12.6. The third kappa shape index (κ3) is 36.4. The molecule has 0 rings (SSSR count). The molecule has 0 heterocycles. The van der Waals surface area contributed by atoms with E-state index in [-0.39, 0.29) is 37.0 Å². The lowest BCUT2D eigenvalue weighted by Crippen LogP contribution is -2.30. The van der Waals surface area contributed by atoms with Gasteiger partial charge in [0.25, 0.3) is 0 Å². The zero-order valence-electron chi connectivity index (χ0n) is 32.4. The molecule has 0 amide bonds. The van der Waals surface area contributed by atoms with Gasteiger partial charge in [-0.05, 0) is 64.2 Å². The number of hydrogen-bond acceptors (Lipinski definition) is 5. The SMILES string of the molecule is CCCCCCCC/C=C\CCCCCCCC(=O)OCC(CN=C(N)N=C(N)N)OC(=O)CCCCCCC/C=C\CCCCCCCC. The predicted molar refractivity (Wildman–Crippen MR) is 212 cm³/mol. The Balaban J connectivity index is 4.15. The lowest BCUT2D eigenvalue weighted by molar-refractivity contribution is -0.158. The number of unbranched alkanes of at least 4 members (excludes halogenated alkanes) is 22. The summed E-state index contributed by atoms with van der Waals surface area (Å²) in [6.07, 6.45) is 40.3. The summed E-state index contributed by atoms with van der Waals surface area (Å²) < 4.78 is 11.0. The molecule has 1 unspecified atom stereocenters. The molecule has 1 atom stereocenters. The molecule has 0 saturated carbocycles. The molecule has 0 fully saturated rings. The van der Waals surface area contributed by atoms with E-state index in [1.165, 1.54) is 109 Å². The number of carbonyl (C=O) groups is 2. The van der Waals surface area contributed by atoms with Crippen molar-refractivity contribution < 1.29 is 19.1 Å². The first-order valence-corrected chi connectivity index (χ1v) is 20.4. The topological polar surface area (TPSA) is 155 Å². The minimum atomic E-state index is -0.753. The molecule has 290 valence electrons. The smallest absolute Gasteiger partial charge is 0.306 e. The van der Waals surface area contributed by atoms with E-state index in [0.717, 1.165) is 57.8 Å². The number of allylic oxidation sites excluding steroid dienone is 4. The minimum absolute atomic E-state index is 0.00140. The van der Waals surface area contributed by atoms with Gasteiger partial charge in [-0.3, -0.25) is 9.59 Å². The molecule has 50 heavy (non-hydrogen) atoms. The maximum Gasteiger partial charge on any atom is 0.306 e. The predicted octanol–water partition coefficient (Wildman–Crippen LogP) is 10.1. The first-order valence-electron chi connectivity index (χ1n) is 20.4. The number of esters is 2. The van der Waals surface area contributed by atoms with Crippen molar-refractivity contribution in [3.63, 3.8) is 0 Å². The van der Waals surface area contributed by atoms with Gasteiger partial charge in [0.2, 0.25) is 5.96 Å². The van der Waals surface area contributed by atoms with Gasteiger partial charge in [0, 0.05) is 12.8 Å². The van der Waals surface area contributed by atoms with E-state index in [4.69, 9.17) is 26.7 Å². The molecule has 0 aliphatic rings. The van der Waals surface area contributed by atoms with Crippen molar-refractivity contribution in [1.29, 1.82) is 0 Å². The van der Waals surface area contributed by atoms with Crippen LogP contribution in [0.4, 0.5) is 0 Å². The normalized spacial score (nSPS) is 12.5. The van der Waals surface area contributed by atoms with Crippen LogP contribution in [0.15, 0.2) is 34.3 Å². The van der Waals surface area contributed by atoms with Gasteiger partial charge in [-0.2, -0.15) is 4.99 Å². The van der Waals surface area contributed by atoms with Crippen molar-refractivity contribution in [2.75, 3.05) is 13.2 Å². The molecule has 9 heteroatoms. The number of aliphatic imine (C=N–C) groups is 2. The standard InChI is InChI=1S/C41H77N5O4/c1-3-5-7-9-11-13-15-17-19-21-23-25-27-29-31-33-38(47)49-36-37(35-45-41(44)46-40(42)43)50-39(48)34-32-30-28-26-24-22-20-18-16-14-12-10-8-6-4-2/h17-20,37H,3-16,21-36H2,1-2H3,(H6,42,43,44,45,46)/b19-17-,20-18-. The molecule has 6 N–H and O–H groups in total. The molecular formula is C41H77N5O4. The van der Waals surface area contributed by atoms with E-state index >= 15 is 0 Å². The van der Waals surface area contributed by atoms with Gasteiger partial charge in [-0.15, -0.1) is 0 Å². The minimum Gasteiger partial charge on any atom is -0.462 e. The molecule has 0 radical (unpaired) electrons. The Morgan fingerprint density at radius 2 is 0.920 bits per heavy atom. The van der Waals surface area contributed by atoms with Crippen molar-refractivity contribution >= 4 is 23.9 Å². The van der Waals surface area contributed by atoms with Crippen molar-refractivity contribution in [2.45, 2.75) is 200 Å². The Labute approximate surface area is 306 Å². The maximum atomic E-state index is 12.6. The first kappa shape index (κ1) is 47.2. The third-order valence-electron chi connectivity index (χ3n) is 8.71. The van der Waals surface area contributed by atoms with Gasteiger partial charge < -0.3 is 26.7 Å². The summed E-state index contributed by atoms with van der Waals surface area (Å²) in [6, 6.07) is 0. The van der Waals surface area contributed by atoms with E-state index in [2.05, 4.69) is 48.1 Å². The van der Waals surface area contributed by atoms with Crippen LogP contribution >= 0.6 is 0 Å². The molecule has 9 nitrogen and oxygen atoms in total. The van der Waals surface area contributed by atoms with Crippen LogP contribution in [0.2, 0.25) is 0 Å². The monoisotopic (exact) mass is 704 g/mol. The fraction of sp³-hybridized carbons (Fsp3) is 0.805. The summed E-state index contributed by atoms with van der Waals surface area (Å²) in [5.41, 5.74) is 16.5. The van der Waals surface area contributed by atoms with Gasteiger partial charge in [0.15, 0.2) is 12.1 Å². The summed E-state index contributed by atoms with van der Waals surface area (Å²) in [6.45, 7) is 4.43. The van der Waals surface area contributed by atoms with Gasteiger partial charge in [0.05, 0.1) is 6.54 Å². The number of rotatable bonds is 35. The Morgan fingerprint density at radius 3 is 1.34 bits per heavy atom. The van der Waals surface area contributed by atoms with Crippen molar-refractivity contribution in [2.24, 2.45) is 27.2 Å². The van der Waals surface area contributed by atoms with E-state index < -0.39 is 6.10 Å². The number of nitrogens with two attached hydrogens (primary N) is 3. The fourth-order valence-electron chi connectivity index (χ4n) is 5.67. The highest BCUT2D eigenvalue weighted by Gasteiger charge is 2.17. The van der Waals surface area contributed by atoms with Crippen LogP contribution in [-0.2, 0) is 19.1 Å². The number of nitrogens with zero attached hydrogens (tertiary/aromatic N) is 2. The second-order valence-electron chi connectivity index (χ2n) is 13.7. The van der Waals surface area contributed by atoms with Gasteiger partial charge in [-0.1, -0.05) is 141 Å². The van der Waals surface area contributed by atoms with Crippen LogP contribution in [-0.4, -0.2) is 43.1 Å². The molecule has 0 aromatic heterocycles. The molecule has 0 spiro atoms. The van der Waals surface area contributed by atoms with Crippen LogP contribution < -0.4 is 17.2 Å². The van der Waals surface area contributed by atoms with E-state index in [1.807, 2.05) is 0 Å². The number of ether oxygens (including phenoxy) is 2. The molecule has 0 bridgehead atoms. The fourth-order valence-corrected chi connectivity index (χ4v) is 5.67. The summed E-state index contributed by atoms with van der Waals surface area (Å²) in [4.78, 5) is 32.7. The molecule has 0 aliphatic heterocycles. The molecule has 0 aromatic carbocycles. The van der Waals surface area contributed by atoms with Gasteiger partial charge in [0.1, 0.15) is 6.61 Å². The molecule has 0 saturated heterocycles. The van der Waals surface area contributed by atoms with Crippen molar-refractivity contribution in [3.8, 4) is 0 Å². The van der Waals surface area contributed by atoms with Crippen LogP contribution in [0.1, 0.15) is 194 Å². The van der Waals surface area contributed by atoms with Crippen LogP contribution in [0, 0.1) is 0 Å². The quantitative estimate of drug-likeness (QED) is 0.0195. The molecule has 0 aliphatic carbocycles. The lowest BCUT2D eigenvalue weighted by atomic mass is 10.1. The summed E-state index contributed by atoms with van der Waals surface area (Å²) in [5.74, 6) is -0.975. The van der Waals surface area contributed by atoms with Crippen LogP contribution in [0.25, 0.3) is 0 Å². The summed E-state index contributed by atoms with van der Waals surface area (Å²) in [7, 11) is 0. The largest absolute Gasteiger partial charge is 0.462 e. The van der Waals surface area contributed by atoms with Gasteiger partial charge in [-0.25, -0.2) is 4.99 Å². The van der Waals surface area contributed by atoms with Gasteiger partial charge >= 0.3 is 11.9 Å². The van der Waals surface area contributed by atoms with Crippen LogP contribution in [0.5, 0.6) is 0 Å². The second kappa shape index (κ2) is 37.4. The highest BCUT2D eigenvalue weighted by molar-refractivity contribution is 5.92. The highest BCUT2D eigenvalue weighted by Crippen LogP contribution is 2.13. The summed E-state index contributed by atoms with van der Waals surface area (Å²) >= 11 is 0.